The monoisotopic (exact) mass is 352 g/mol. The van der Waals surface area contributed by atoms with E-state index >= 15 is 0 Å². The number of rotatable bonds is 7. The van der Waals surface area contributed by atoms with E-state index in [1.165, 1.54) is 0 Å². The van der Waals surface area contributed by atoms with Crippen LogP contribution in [-0.4, -0.2) is 19.5 Å². The molecule has 0 aliphatic rings. The van der Waals surface area contributed by atoms with Gasteiger partial charge in [0, 0.05) is 18.0 Å². The van der Waals surface area contributed by atoms with E-state index in [9.17, 15) is 4.79 Å². The van der Waals surface area contributed by atoms with Crippen LogP contribution in [-0.2, 0) is 11.3 Å². The maximum atomic E-state index is 11.8. The SMILES string of the molecule is CNCCCC(=O)NCc1ccccc1-c1ccc(Cl)cc1.Cl. The van der Waals surface area contributed by atoms with Crippen molar-refractivity contribution in [1.82, 2.24) is 10.6 Å². The highest BCUT2D eigenvalue weighted by Gasteiger charge is 2.06. The molecule has 0 aliphatic heterocycles. The van der Waals surface area contributed by atoms with Crippen LogP contribution in [0.1, 0.15) is 18.4 Å². The van der Waals surface area contributed by atoms with Gasteiger partial charge in [-0.15, -0.1) is 12.4 Å². The van der Waals surface area contributed by atoms with Gasteiger partial charge in [-0.3, -0.25) is 4.79 Å². The van der Waals surface area contributed by atoms with Gasteiger partial charge >= 0.3 is 0 Å². The van der Waals surface area contributed by atoms with Gasteiger partial charge in [0.05, 0.1) is 0 Å². The van der Waals surface area contributed by atoms with Crippen LogP contribution in [0.25, 0.3) is 11.1 Å². The number of halogens is 2. The molecule has 23 heavy (non-hydrogen) atoms. The standard InChI is InChI=1S/C18H21ClN2O.ClH/c1-20-12-4-7-18(22)21-13-15-5-2-3-6-17(15)14-8-10-16(19)11-9-14;/h2-3,5-6,8-11,20H,4,7,12-13H2,1H3,(H,21,22);1H. The number of hydrogen-bond acceptors (Lipinski definition) is 2. The molecule has 0 radical (unpaired) electrons. The lowest BCUT2D eigenvalue weighted by atomic mass is 10.00. The van der Waals surface area contributed by atoms with Gasteiger partial charge in [-0.1, -0.05) is 48.0 Å². The van der Waals surface area contributed by atoms with Crippen molar-refractivity contribution in [2.45, 2.75) is 19.4 Å². The number of carbonyl (C=O) groups excluding carboxylic acids is 1. The Morgan fingerprint density at radius 2 is 1.78 bits per heavy atom. The normalized spacial score (nSPS) is 10.0. The fourth-order valence-corrected chi connectivity index (χ4v) is 2.42. The molecule has 2 rings (SSSR count). The molecule has 0 saturated carbocycles. The Bertz CT molecular complexity index is 615. The Labute approximate surface area is 148 Å². The predicted octanol–water partition coefficient (Wildman–Crippen LogP) is 4.04. The van der Waals surface area contributed by atoms with E-state index in [0.717, 1.165) is 34.7 Å². The molecule has 0 unspecified atom stereocenters. The topological polar surface area (TPSA) is 41.1 Å². The van der Waals surface area contributed by atoms with Gasteiger partial charge in [0.1, 0.15) is 0 Å². The number of benzene rings is 2. The second-order valence-corrected chi connectivity index (χ2v) is 5.58. The Balaban J connectivity index is 0.00000264. The Morgan fingerprint density at radius 1 is 1.09 bits per heavy atom. The zero-order valence-corrected chi connectivity index (χ0v) is 14.7. The second-order valence-electron chi connectivity index (χ2n) is 5.15. The van der Waals surface area contributed by atoms with E-state index in [-0.39, 0.29) is 18.3 Å². The lowest BCUT2D eigenvalue weighted by Gasteiger charge is -2.11. The highest BCUT2D eigenvalue weighted by atomic mass is 35.5. The molecule has 5 heteroatoms. The lowest BCUT2D eigenvalue weighted by Crippen LogP contribution is -2.23. The minimum absolute atomic E-state index is 0. The van der Waals surface area contributed by atoms with Crippen molar-refractivity contribution in [1.29, 1.82) is 0 Å². The van der Waals surface area contributed by atoms with E-state index in [2.05, 4.69) is 16.7 Å². The molecule has 0 bridgehead atoms. The van der Waals surface area contributed by atoms with Crippen LogP contribution in [0, 0.1) is 0 Å². The third kappa shape index (κ3) is 6.22. The van der Waals surface area contributed by atoms with Crippen LogP contribution in [0.5, 0.6) is 0 Å². The van der Waals surface area contributed by atoms with Crippen molar-refractivity contribution in [2.24, 2.45) is 0 Å². The van der Waals surface area contributed by atoms with Crippen molar-refractivity contribution >= 4 is 29.9 Å². The summed E-state index contributed by atoms with van der Waals surface area (Å²) >= 11 is 5.94. The summed E-state index contributed by atoms with van der Waals surface area (Å²) in [6.45, 7) is 1.39. The smallest absolute Gasteiger partial charge is 0.220 e. The summed E-state index contributed by atoms with van der Waals surface area (Å²) in [4.78, 5) is 11.8. The minimum atomic E-state index is 0. The van der Waals surface area contributed by atoms with Crippen LogP contribution >= 0.6 is 24.0 Å². The molecule has 2 aromatic rings. The molecule has 0 atom stereocenters. The van der Waals surface area contributed by atoms with Crippen molar-refractivity contribution in [3.63, 3.8) is 0 Å². The largest absolute Gasteiger partial charge is 0.352 e. The van der Waals surface area contributed by atoms with E-state index in [1.807, 2.05) is 49.5 Å². The average molecular weight is 353 g/mol. The van der Waals surface area contributed by atoms with Gasteiger partial charge in [0.25, 0.3) is 0 Å². The number of hydrogen-bond donors (Lipinski definition) is 2. The van der Waals surface area contributed by atoms with E-state index in [4.69, 9.17) is 11.6 Å². The van der Waals surface area contributed by atoms with Gasteiger partial charge in [-0.05, 0) is 48.8 Å². The maximum absolute atomic E-state index is 11.8. The first kappa shape index (κ1) is 19.5. The molecule has 124 valence electrons. The summed E-state index contributed by atoms with van der Waals surface area (Å²) in [5.41, 5.74) is 3.32. The van der Waals surface area contributed by atoms with Crippen LogP contribution in [0.3, 0.4) is 0 Å². The van der Waals surface area contributed by atoms with Gasteiger partial charge in [0.15, 0.2) is 0 Å². The zero-order chi connectivity index (χ0) is 15.8. The molecule has 0 aromatic heterocycles. The predicted molar refractivity (Wildman–Crippen MR) is 99.1 cm³/mol. The molecule has 0 saturated heterocycles. The van der Waals surface area contributed by atoms with Crippen LogP contribution < -0.4 is 10.6 Å². The van der Waals surface area contributed by atoms with Gasteiger partial charge < -0.3 is 10.6 Å². The molecule has 2 N–H and O–H groups in total. The average Bonchev–Trinajstić information content (AvgIpc) is 2.54. The molecule has 1 amide bonds. The number of carbonyl (C=O) groups is 1. The summed E-state index contributed by atoms with van der Waals surface area (Å²) in [6.07, 6.45) is 1.39. The fraction of sp³-hybridized carbons (Fsp3) is 0.278. The van der Waals surface area contributed by atoms with Gasteiger partial charge in [-0.25, -0.2) is 0 Å². The van der Waals surface area contributed by atoms with Crippen LogP contribution in [0.4, 0.5) is 0 Å². The van der Waals surface area contributed by atoms with E-state index in [1.54, 1.807) is 0 Å². The quantitative estimate of drug-likeness (QED) is 0.738. The summed E-state index contributed by atoms with van der Waals surface area (Å²) in [5, 5.41) is 6.75. The Morgan fingerprint density at radius 3 is 2.48 bits per heavy atom. The minimum Gasteiger partial charge on any atom is -0.352 e. The number of amides is 1. The maximum Gasteiger partial charge on any atom is 0.220 e. The third-order valence-corrected chi connectivity index (χ3v) is 3.73. The summed E-state index contributed by atoms with van der Waals surface area (Å²) in [6, 6.07) is 15.8. The van der Waals surface area contributed by atoms with Crippen LogP contribution in [0.2, 0.25) is 5.02 Å². The number of nitrogens with one attached hydrogen (secondary N) is 2. The van der Waals surface area contributed by atoms with Crippen molar-refractivity contribution < 1.29 is 4.79 Å². The van der Waals surface area contributed by atoms with E-state index < -0.39 is 0 Å². The first-order valence-corrected chi connectivity index (χ1v) is 7.83. The molecule has 0 aliphatic carbocycles. The summed E-state index contributed by atoms with van der Waals surface area (Å²) < 4.78 is 0. The third-order valence-electron chi connectivity index (χ3n) is 3.48. The Hall–Kier alpha value is -1.55. The molecular weight excluding hydrogens is 331 g/mol. The van der Waals surface area contributed by atoms with Crippen molar-refractivity contribution in [3.05, 3.63) is 59.1 Å². The van der Waals surface area contributed by atoms with E-state index in [0.29, 0.717) is 13.0 Å². The fourth-order valence-electron chi connectivity index (χ4n) is 2.29. The highest BCUT2D eigenvalue weighted by Crippen LogP contribution is 2.25. The Kier molecular flexibility index (Phi) is 8.70. The second kappa shape index (κ2) is 10.3. The highest BCUT2D eigenvalue weighted by molar-refractivity contribution is 6.30. The van der Waals surface area contributed by atoms with Crippen molar-refractivity contribution in [2.75, 3.05) is 13.6 Å². The van der Waals surface area contributed by atoms with Gasteiger partial charge in [0.2, 0.25) is 5.91 Å². The molecule has 0 heterocycles. The first-order valence-electron chi connectivity index (χ1n) is 7.46. The van der Waals surface area contributed by atoms with Crippen LogP contribution in [0.15, 0.2) is 48.5 Å². The molecule has 3 nitrogen and oxygen atoms in total. The molecule has 2 aromatic carbocycles. The summed E-state index contributed by atoms with van der Waals surface area (Å²) in [5.74, 6) is 0.0844. The molecule has 0 fully saturated rings. The summed E-state index contributed by atoms with van der Waals surface area (Å²) in [7, 11) is 1.89. The zero-order valence-electron chi connectivity index (χ0n) is 13.1. The molecular formula is C18H22Cl2N2O. The molecule has 0 spiro atoms. The lowest BCUT2D eigenvalue weighted by molar-refractivity contribution is -0.121. The van der Waals surface area contributed by atoms with Gasteiger partial charge in [-0.2, -0.15) is 0 Å². The first-order chi connectivity index (χ1) is 10.7. The van der Waals surface area contributed by atoms with Crippen molar-refractivity contribution in [3.8, 4) is 11.1 Å².